The van der Waals surface area contributed by atoms with Crippen LogP contribution in [0.3, 0.4) is 0 Å². The lowest BCUT2D eigenvalue weighted by Gasteiger charge is -2.17. The Morgan fingerprint density at radius 3 is 2.00 bits per heavy atom. The van der Waals surface area contributed by atoms with Crippen molar-refractivity contribution < 1.29 is 9.84 Å². The van der Waals surface area contributed by atoms with E-state index in [2.05, 4.69) is 12.1 Å². The van der Waals surface area contributed by atoms with E-state index in [1.807, 2.05) is 54.6 Å². The van der Waals surface area contributed by atoms with Gasteiger partial charge in [0.1, 0.15) is 18.1 Å². The van der Waals surface area contributed by atoms with Crippen molar-refractivity contribution in [1.29, 1.82) is 0 Å². The smallest absolute Gasteiger partial charge is 0.127 e. The summed E-state index contributed by atoms with van der Waals surface area (Å²) in [5, 5.41) is 14.9. The summed E-state index contributed by atoms with van der Waals surface area (Å²) in [6.45, 7) is 0.866. The van der Waals surface area contributed by atoms with Crippen LogP contribution in [0.25, 0.3) is 32.7 Å². The zero-order chi connectivity index (χ0) is 17.2. The van der Waals surface area contributed by atoms with Gasteiger partial charge in [-0.15, -0.1) is 0 Å². The van der Waals surface area contributed by atoms with Crippen LogP contribution in [0.1, 0.15) is 0 Å². The summed E-state index contributed by atoms with van der Waals surface area (Å²) in [4.78, 5) is 0. The Morgan fingerprint density at radius 1 is 0.720 bits per heavy atom. The van der Waals surface area contributed by atoms with Crippen molar-refractivity contribution >= 4 is 21.5 Å². The van der Waals surface area contributed by atoms with E-state index in [-0.39, 0.29) is 5.75 Å². The Labute approximate surface area is 146 Å². The highest BCUT2D eigenvalue weighted by atomic mass is 16.5. The van der Waals surface area contributed by atoms with Gasteiger partial charge in [0.2, 0.25) is 0 Å². The fourth-order valence-electron chi connectivity index (χ4n) is 3.32. The number of ether oxygens (including phenoxy) is 1. The minimum atomic E-state index is 0.243. The van der Waals surface area contributed by atoms with Gasteiger partial charge in [0.25, 0.3) is 0 Å². The Morgan fingerprint density at radius 2 is 1.32 bits per heavy atom. The van der Waals surface area contributed by atoms with Crippen LogP contribution >= 0.6 is 0 Å². The number of aromatic hydroxyl groups is 1. The SMILES string of the molecule is NCCOc1ccc2ccccc2c1-c1c(O)ccc2ccccc12. The fourth-order valence-corrected chi connectivity index (χ4v) is 3.32. The molecule has 4 rings (SSSR count). The standard InChI is InChI=1S/C22H19NO2/c23-13-14-25-20-12-10-16-6-2-4-8-18(16)22(20)21-17-7-3-1-5-15(17)9-11-19(21)24/h1-12,24H,13-14,23H2. The summed E-state index contributed by atoms with van der Waals surface area (Å²) in [5.74, 6) is 0.975. The van der Waals surface area contributed by atoms with Gasteiger partial charge in [-0.3, -0.25) is 0 Å². The average molecular weight is 329 g/mol. The van der Waals surface area contributed by atoms with Crippen molar-refractivity contribution in [2.45, 2.75) is 0 Å². The van der Waals surface area contributed by atoms with Gasteiger partial charge in [-0.05, 0) is 33.7 Å². The molecule has 0 aliphatic heterocycles. The third kappa shape index (κ3) is 2.69. The monoisotopic (exact) mass is 329 g/mol. The number of benzene rings is 4. The van der Waals surface area contributed by atoms with E-state index in [1.54, 1.807) is 6.07 Å². The van der Waals surface area contributed by atoms with E-state index in [1.165, 1.54) is 0 Å². The molecule has 4 aromatic rings. The van der Waals surface area contributed by atoms with Gasteiger partial charge < -0.3 is 15.6 Å². The molecule has 0 radical (unpaired) electrons. The minimum Gasteiger partial charge on any atom is -0.507 e. The van der Waals surface area contributed by atoms with Crippen LogP contribution in [0, 0.1) is 0 Å². The zero-order valence-corrected chi connectivity index (χ0v) is 13.8. The number of nitrogens with two attached hydrogens (primary N) is 1. The molecule has 3 heteroatoms. The van der Waals surface area contributed by atoms with Gasteiger partial charge in [0, 0.05) is 17.7 Å². The maximum atomic E-state index is 10.7. The zero-order valence-electron chi connectivity index (χ0n) is 13.8. The first-order valence-corrected chi connectivity index (χ1v) is 8.35. The Hall–Kier alpha value is -3.04. The van der Waals surface area contributed by atoms with E-state index in [4.69, 9.17) is 10.5 Å². The number of rotatable bonds is 4. The molecule has 0 aromatic heterocycles. The first kappa shape index (κ1) is 15.5. The molecule has 0 bridgehead atoms. The third-order valence-corrected chi connectivity index (χ3v) is 4.42. The van der Waals surface area contributed by atoms with Crippen LogP contribution in [0.2, 0.25) is 0 Å². The van der Waals surface area contributed by atoms with Gasteiger partial charge in [0.05, 0.1) is 0 Å². The van der Waals surface area contributed by atoms with Crippen molar-refractivity contribution in [2.24, 2.45) is 5.73 Å². The highest BCUT2D eigenvalue weighted by molar-refractivity contribution is 6.09. The Balaban J connectivity index is 2.11. The minimum absolute atomic E-state index is 0.243. The number of phenols is 1. The lowest BCUT2D eigenvalue weighted by atomic mass is 9.92. The number of phenolic OH excluding ortho intramolecular Hbond substituents is 1. The molecule has 25 heavy (non-hydrogen) atoms. The molecule has 0 atom stereocenters. The summed E-state index contributed by atoms with van der Waals surface area (Å²) < 4.78 is 5.92. The molecule has 4 aromatic carbocycles. The van der Waals surface area contributed by atoms with Crippen molar-refractivity contribution in [3.05, 3.63) is 72.8 Å². The topological polar surface area (TPSA) is 55.5 Å². The van der Waals surface area contributed by atoms with Crippen LogP contribution in [-0.2, 0) is 0 Å². The molecular formula is C22H19NO2. The van der Waals surface area contributed by atoms with E-state index >= 15 is 0 Å². The summed E-state index contributed by atoms with van der Waals surface area (Å²) in [6.07, 6.45) is 0. The van der Waals surface area contributed by atoms with E-state index < -0.39 is 0 Å². The number of fused-ring (bicyclic) bond motifs is 2. The summed E-state index contributed by atoms with van der Waals surface area (Å²) in [7, 11) is 0. The highest BCUT2D eigenvalue weighted by Crippen LogP contribution is 2.44. The first-order valence-electron chi connectivity index (χ1n) is 8.35. The first-order chi connectivity index (χ1) is 12.3. The van der Waals surface area contributed by atoms with Crippen LogP contribution in [0.4, 0.5) is 0 Å². The molecule has 0 fully saturated rings. The molecule has 124 valence electrons. The fraction of sp³-hybridized carbons (Fsp3) is 0.0909. The lowest BCUT2D eigenvalue weighted by molar-refractivity contribution is 0.330. The molecule has 0 saturated carbocycles. The molecule has 0 unspecified atom stereocenters. The van der Waals surface area contributed by atoms with Gasteiger partial charge in [0.15, 0.2) is 0 Å². The molecule has 0 aliphatic rings. The van der Waals surface area contributed by atoms with Crippen molar-refractivity contribution in [1.82, 2.24) is 0 Å². The second-order valence-corrected chi connectivity index (χ2v) is 5.98. The van der Waals surface area contributed by atoms with Crippen LogP contribution in [0.15, 0.2) is 72.8 Å². The van der Waals surface area contributed by atoms with Crippen LogP contribution in [0.5, 0.6) is 11.5 Å². The Bertz CT molecular complexity index is 1060. The second-order valence-electron chi connectivity index (χ2n) is 5.98. The van der Waals surface area contributed by atoms with Crippen LogP contribution in [-0.4, -0.2) is 18.3 Å². The van der Waals surface area contributed by atoms with Gasteiger partial charge in [-0.2, -0.15) is 0 Å². The van der Waals surface area contributed by atoms with Crippen molar-refractivity contribution in [3.63, 3.8) is 0 Å². The van der Waals surface area contributed by atoms with Crippen molar-refractivity contribution in [3.8, 4) is 22.6 Å². The predicted molar refractivity (Wildman–Crippen MR) is 103 cm³/mol. The lowest BCUT2D eigenvalue weighted by Crippen LogP contribution is -2.11. The van der Waals surface area contributed by atoms with E-state index in [0.29, 0.717) is 13.2 Å². The van der Waals surface area contributed by atoms with E-state index in [0.717, 1.165) is 38.4 Å². The molecule has 3 nitrogen and oxygen atoms in total. The maximum absolute atomic E-state index is 10.7. The van der Waals surface area contributed by atoms with Crippen LogP contribution < -0.4 is 10.5 Å². The molecule has 0 amide bonds. The van der Waals surface area contributed by atoms with Gasteiger partial charge in [-0.25, -0.2) is 0 Å². The molecule has 0 spiro atoms. The molecule has 3 N–H and O–H groups in total. The Kier molecular flexibility index (Phi) is 4.00. The van der Waals surface area contributed by atoms with Crippen molar-refractivity contribution in [2.75, 3.05) is 13.2 Å². The van der Waals surface area contributed by atoms with Gasteiger partial charge in [-0.1, -0.05) is 60.7 Å². The van der Waals surface area contributed by atoms with Gasteiger partial charge >= 0.3 is 0 Å². The molecular weight excluding hydrogens is 310 g/mol. The largest absolute Gasteiger partial charge is 0.507 e. The third-order valence-electron chi connectivity index (χ3n) is 4.42. The molecule has 0 saturated heterocycles. The second kappa shape index (κ2) is 6.46. The number of hydrogen-bond acceptors (Lipinski definition) is 3. The highest BCUT2D eigenvalue weighted by Gasteiger charge is 2.17. The summed E-state index contributed by atoms with van der Waals surface area (Å²) >= 11 is 0. The molecule has 0 heterocycles. The maximum Gasteiger partial charge on any atom is 0.127 e. The normalized spacial score (nSPS) is 11.1. The quantitative estimate of drug-likeness (QED) is 0.570. The summed E-state index contributed by atoms with van der Waals surface area (Å²) in [6, 6.07) is 23.8. The van der Waals surface area contributed by atoms with E-state index in [9.17, 15) is 5.11 Å². The predicted octanol–water partition coefficient (Wildman–Crippen LogP) is 4.70. The average Bonchev–Trinajstić information content (AvgIpc) is 2.66. The number of hydrogen-bond donors (Lipinski definition) is 2. The molecule has 0 aliphatic carbocycles. The summed E-state index contributed by atoms with van der Waals surface area (Å²) in [5.41, 5.74) is 7.32.